The predicted molar refractivity (Wildman–Crippen MR) is 81.8 cm³/mol. The van der Waals surface area contributed by atoms with Crippen LogP contribution >= 0.6 is 27.3 Å². The molecule has 1 heterocycles. The van der Waals surface area contributed by atoms with Gasteiger partial charge in [0.2, 0.25) is 0 Å². The Bertz CT molecular complexity index is 479. The molecule has 2 aromatic rings. The average molecular weight is 325 g/mol. The van der Waals surface area contributed by atoms with E-state index in [-0.39, 0.29) is 0 Å². The Morgan fingerprint density at radius 3 is 2.39 bits per heavy atom. The quantitative estimate of drug-likeness (QED) is 0.855. The van der Waals surface area contributed by atoms with E-state index in [1.807, 2.05) is 0 Å². The highest BCUT2D eigenvalue weighted by Gasteiger charge is 2.00. The van der Waals surface area contributed by atoms with Gasteiger partial charge in [-0.1, -0.05) is 24.3 Å². The van der Waals surface area contributed by atoms with Crippen LogP contribution in [0, 0.1) is 0 Å². The van der Waals surface area contributed by atoms with Gasteiger partial charge in [0.1, 0.15) is 0 Å². The molecule has 1 aromatic carbocycles. The van der Waals surface area contributed by atoms with E-state index in [9.17, 15) is 0 Å². The molecule has 0 unspecified atom stereocenters. The van der Waals surface area contributed by atoms with Crippen LogP contribution in [-0.4, -0.2) is 6.54 Å². The SMILES string of the molecule is NCCc1ccc(CNCc2sccc2Br)cc1. The predicted octanol–water partition coefficient (Wildman–Crippen LogP) is 3.30. The number of nitrogens with one attached hydrogen (secondary N) is 1. The van der Waals surface area contributed by atoms with E-state index in [2.05, 4.69) is 57.0 Å². The molecule has 1 aromatic heterocycles. The number of benzene rings is 1. The third kappa shape index (κ3) is 3.92. The molecule has 0 aliphatic rings. The van der Waals surface area contributed by atoms with Crippen LogP contribution < -0.4 is 11.1 Å². The molecule has 4 heteroatoms. The first kappa shape index (κ1) is 13.7. The molecular formula is C14H17BrN2S. The maximum atomic E-state index is 5.53. The summed E-state index contributed by atoms with van der Waals surface area (Å²) in [6.45, 7) is 2.51. The minimum absolute atomic E-state index is 0.712. The highest BCUT2D eigenvalue weighted by molar-refractivity contribution is 9.10. The van der Waals surface area contributed by atoms with Crippen molar-refractivity contribution in [2.24, 2.45) is 5.73 Å². The molecule has 0 saturated carbocycles. The van der Waals surface area contributed by atoms with Crippen LogP contribution in [0.1, 0.15) is 16.0 Å². The highest BCUT2D eigenvalue weighted by Crippen LogP contribution is 2.22. The molecule has 0 spiro atoms. The monoisotopic (exact) mass is 324 g/mol. The minimum atomic E-state index is 0.712. The Balaban J connectivity index is 1.81. The van der Waals surface area contributed by atoms with Crippen molar-refractivity contribution in [2.45, 2.75) is 19.5 Å². The van der Waals surface area contributed by atoms with Crippen molar-refractivity contribution in [1.29, 1.82) is 0 Å². The first-order chi connectivity index (χ1) is 8.79. The molecule has 0 aliphatic carbocycles. The second kappa shape index (κ2) is 7.04. The van der Waals surface area contributed by atoms with Gasteiger partial charge in [-0.15, -0.1) is 11.3 Å². The van der Waals surface area contributed by atoms with Gasteiger partial charge in [0, 0.05) is 22.4 Å². The first-order valence-corrected chi connectivity index (χ1v) is 7.67. The van der Waals surface area contributed by atoms with Crippen molar-refractivity contribution < 1.29 is 0 Å². The van der Waals surface area contributed by atoms with Crippen LogP contribution in [0.5, 0.6) is 0 Å². The van der Waals surface area contributed by atoms with Gasteiger partial charge in [0.25, 0.3) is 0 Å². The van der Waals surface area contributed by atoms with Crippen molar-refractivity contribution in [3.63, 3.8) is 0 Å². The average Bonchev–Trinajstić information content (AvgIpc) is 2.78. The summed E-state index contributed by atoms with van der Waals surface area (Å²) < 4.78 is 1.19. The fourth-order valence-electron chi connectivity index (χ4n) is 1.76. The molecule has 0 bridgehead atoms. The second-order valence-corrected chi connectivity index (χ2v) is 6.01. The number of nitrogens with two attached hydrogens (primary N) is 1. The van der Waals surface area contributed by atoms with Crippen LogP contribution in [0.15, 0.2) is 40.2 Å². The molecule has 0 atom stereocenters. The minimum Gasteiger partial charge on any atom is -0.330 e. The zero-order chi connectivity index (χ0) is 12.8. The summed E-state index contributed by atoms with van der Waals surface area (Å²) in [4.78, 5) is 1.34. The van der Waals surface area contributed by atoms with Gasteiger partial charge in [-0.25, -0.2) is 0 Å². The van der Waals surface area contributed by atoms with Crippen LogP contribution in [-0.2, 0) is 19.5 Å². The van der Waals surface area contributed by atoms with E-state index in [0.717, 1.165) is 19.5 Å². The summed E-state index contributed by atoms with van der Waals surface area (Å²) in [6, 6.07) is 10.7. The second-order valence-electron chi connectivity index (χ2n) is 4.15. The van der Waals surface area contributed by atoms with Crippen LogP contribution in [0.3, 0.4) is 0 Å². The third-order valence-corrected chi connectivity index (χ3v) is 4.69. The molecule has 0 amide bonds. The lowest BCUT2D eigenvalue weighted by molar-refractivity contribution is 0.699. The Morgan fingerprint density at radius 1 is 1.06 bits per heavy atom. The molecule has 2 rings (SSSR count). The van der Waals surface area contributed by atoms with Gasteiger partial charge in [0.15, 0.2) is 0 Å². The summed E-state index contributed by atoms with van der Waals surface area (Å²) in [5.41, 5.74) is 8.15. The van der Waals surface area contributed by atoms with Gasteiger partial charge in [-0.05, 0) is 51.5 Å². The maximum Gasteiger partial charge on any atom is 0.0327 e. The molecular weight excluding hydrogens is 308 g/mol. The van der Waals surface area contributed by atoms with Crippen LogP contribution in [0.4, 0.5) is 0 Å². The molecule has 96 valence electrons. The van der Waals surface area contributed by atoms with E-state index in [0.29, 0.717) is 6.54 Å². The summed E-state index contributed by atoms with van der Waals surface area (Å²) >= 11 is 5.31. The zero-order valence-electron chi connectivity index (χ0n) is 10.2. The van der Waals surface area contributed by atoms with Crippen molar-refractivity contribution in [1.82, 2.24) is 5.32 Å². The van der Waals surface area contributed by atoms with E-state index in [4.69, 9.17) is 5.73 Å². The molecule has 2 nitrogen and oxygen atoms in total. The summed E-state index contributed by atoms with van der Waals surface area (Å²) in [6.07, 6.45) is 0.954. The van der Waals surface area contributed by atoms with Crippen molar-refractivity contribution in [3.8, 4) is 0 Å². The van der Waals surface area contributed by atoms with Gasteiger partial charge >= 0.3 is 0 Å². The van der Waals surface area contributed by atoms with Crippen molar-refractivity contribution in [2.75, 3.05) is 6.54 Å². The van der Waals surface area contributed by atoms with Crippen LogP contribution in [0.2, 0.25) is 0 Å². The first-order valence-electron chi connectivity index (χ1n) is 6.00. The van der Waals surface area contributed by atoms with E-state index in [1.165, 1.54) is 20.5 Å². The van der Waals surface area contributed by atoms with E-state index in [1.54, 1.807) is 11.3 Å². The molecule has 0 aliphatic heterocycles. The van der Waals surface area contributed by atoms with Crippen molar-refractivity contribution in [3.05, 3.63) is 56.2 Å². The summed E-state index contributed by atoms with van der Waals surface area (Å²) in [7, 11) is 0. The topological polar surface area (TPSA) is 38.0 Å². The Hall–Kier alpha value is -0.680. The molecule has 0 radical (unpaired) electrons. The normalized spacial score (nSPS) is 10.8. The van der Waals surface area contributed by atoms with Crippen molar-refractivity contribution >= 4 is 27.3 Å². The number of halogens is 1. The van der Waals surface area contributed by atoms with E-state index < -0.39 is 0 Å². The number of thiophene rings is 1. The Labute approximate surface area is 120 Å². The van der Waals surface area contributed by atoms with Gasteiger partial charge < -0.3 is 11.1 Å². The number of rotatable bonds is 6. The lowest BCUT2D eigenvalue weighted by Crippen LogP contribution is -2.12. The van der Waals surface area contributed by atoms with Gasteiger partial charge in [0.05, 0.1) is 0 Å². The molecule has 18 heavy (non-hydrogen) atoms. The fourth-order valence-corrected chi connectivity index (χ4v) is 3.22. The standard InChI is InChI=1S/C14H17BrN2S/c15-13-6-8-18-14(13)10-17-9-12-3-1-11(2-4-12)5-7-16/h1-4,6,8,17H,5,7,9-10,16H2. The number of hydrogen-bond donors (Lipinski definition) is 2. The lowest BCUT2D eigenvalue weighted by atomic mass is 10.1. The number of hydrogen-bond acceptors (Lipinski definition) is 3. The zero-order valence-corrected chi connectivity index (χ0v) is 12.6. The highest BCUT2D eigenvalue weighted by atomic mass is 79.9. The lowest BCUT2D eigenvalue weighted by Gasteiger charge is -2.05. The largest absolute Gasteiger partial charge is 0.330 e. The third-order valence-electron chi connectivity index (χ3n) is 2.76. The molecule has 3 N–H and O–H groups in total. The Morgan fingerprint density at radius 2 is 1.78 bits per heavy atom. The smallest absolute Gasteiger partial charge is 0.0327 e. The summed E-state index contributed by atoms with van der Waals surface area (Å²) in [5.74, 6) is 0. The molecule has 0 saturated heterocycles. The van der Waals surface area contributed by atoms with Crippen LogP contribution in [0.25, 0.3) is 0 Å². The summed E-state index contributed by atoms with van der Waals surface area (Å²) in [5, 5.41) is 5.55. The fraction of sp³-hybridized carbons (Fsp3) is 0.286. The van der Waals surface area contributed by atoms with E-state index >= 15 is 0 Å². The maximum absolute atomic E-state index is 5.53. The molecule has 0 fully saturated rings. The Kier molecular flexibility index (Phi) is 5.38. The van der Waals surface area contributed by atoms with Gasteiger partial charge in [-0.3, -0.25) is 0 Å². The van der Waals surface area contributed by atoms with Gasteiger partial charge in [-0.2, -0.15) is 0 Å².